The van der Waals surface area contributed by atoms with Crippen LogP contribution in [0.25, 0.3) is 0 Å². The number of aromatic nitrogens is 1. The highest BCUT2D eigenvalue weighted by Crippen LogP contribution is 2.26. The van der Waals surface area contributed by atoms with E-state index >= 15 is 0 Å². The molecule has 184 valence electrons. The standard InChI is InChI=1S/C26H31N5O4/c1-33-22-7-4-20(5-8-22)28-26(32)29-21-6-11-25(27-17-21)31-14-12-30(13-15-31)18-19-16-23(34-2)9-10-24(19)35-3/h4-11,16-17H,12-15,18H2,1-3H3,(H2,28,29,32). The predicted octanol–water partition coefficient (Wildman–Crippen LogP) is 4.07. The summed E-state index contributed by atoms with van der Waals surface area (Å²) < 4.78 is 16.0. The molecule has 3 aromatic rings. The van der Waals surface area contributed by atoms with Crippen molar-refractivity contribution < 1.29 is 19.0 Å². The minimum absolute atomic E-state index is 0.327. The van der Waals surface area contributed by atoms with Gasteiger partial charge in [-0.15, -0.1) is 0 Å². The lowest BCUT2D eigenvalue weighted by Gasteiger charge is -2.35. The summed E-state index contributed by atoms with van der Waals surface area (Å²) in [4.78, 5) is 21.5. The molecule has 0 bridgehead atoms. The van der Waals surface area contributed by atoms with E-state index in [1.165, 1.54) is 0 Å². The van der Waals surface area contributed by atoms with Gasteiger partial charge in [-0.1, -0.05) is 0 Å². The maximum Gasteiger partial charge on any atom is 0.323 e. The number of methoxy groups -OCH3 is 3. The second-order valence-electron chi connectivity index (χ2n) is 8.15. The summed E-state index contributed by atoms with van der Waals surface area (Å²) in [7, 11) is 4.97. The van der Waals surface area contributed by atoms with Crippen LogP contribution in [0.15, 0.2) is 60.8 Å². The van der Waals surface area contributed by atoms with Gasteiger partial charge in [-0.05, 0) is 54.6 Å². The molecular formula is C26H31N5O4. The van der Waals surface area contributed by atoms with E-state index in [2.05, 4.69) is 25.4 Å². The molecule has 35 heavy (non-hydrogen) atoms. The van der Waals surface area contributed by atoms with E-state index in [1.54, 1.807) is 51.8 Å². The van der Waals surface area contributed by atoms with Gasteiger partial charge in [0.2, 0.25) is 0 Å². The van der Waals surface area contributed by atoms with Gasteiger partial charge in [0.1, 0.15) is 23.1 Å². The van der Waals surface area contributed by atoms with Gasteiger partial charge in [0.05, 0.1) is 33.2 Å². The van der Waals surface area contributed by atoms with Gasteiger partial charge in [0.25, 0.3) is 0 Å². The Bertz CT molecular complexity index is 1110. The zero-order valence-electron chi connectivity index (χ0n) is 20.3. The number of urea groups is 1. The molecule has 9 nitrogen and oxygen atoms in total. The van der Waals surface area contributed by atoms with E-state index in [0.29, 0.717) is 11.4 Å². The van der Waals surface area contributed by atoms with Gasteiger partial charge >= 0.3 is 6.03 Å². The first-order valence-corrected chi connectivity index (χ1v) is 11.4. The molecule has 4 rings (SSSR count). The van der Waals surface area contributed by atoms with Crippen LogP contribution in [-0.4, -0.2) is 63.4 Å². The largest absolute Gasteiger partial charge is 0.497 e. The third kappa shape index (κ3) is 6.33. The van der Waals surface area contributed by atoms with Gasteiger partial charge in [0.15, 0.2) is 0 Å². The predicted molar refractivity (Wildman–Crippen MR) is 137 cm³/mol. The number of piperazine rings is 1. The number of hydrogen-bond donors (Lipinski definition) is 2. The first-order chi connectivity index (χ1) is 17.1. The van der Waals surface area contributed by atoms with Crippen LogP contribution in [0.3, 0.4) is 0 Å². The number of ether oxygens (including phenoxy) is 3. The molecule has 1 aliphatic heterocycles. The molecule has 0 saturated carbocycles. The topological polar surface area (TPSA) is 88.2 Å². The van der Waals surface area contributed by atoms with Crippen LogP contribution in [0.2, 0.25) is 0 Å². The Morgan fingerprint density at radius 3 is 2.11 bits per heavy atom. The molecule has 2 aromatic carbocycles. The highest BCUT2D eigenvalue weighted by molar-refractivity contribution is 5.99. The highest BCUT2D eigenvalue weighted by Gasteiger charge is 2.19. The Labute approximate surface area is 205 Å². The second-order valence-corrected chi connectivity index (χ2v) is 8.15. The Morgan fingerprint density at radius 2 is 1.49 bits per heavy atom. The number of amides is 2. The SMILES string of the molecule is COc1ccc(NC(=O)Nc2ccc(N3CCN(Cc4cc(OC)ccc4OC)CC3)nc2)cc1. The van der Waals surface area contributed by atoms with Crippen molar-refractivity contribution in [2.24, 2.45) is 0 Å². The monoisotopic (exact) mass is 477 g/mol. The summed E-state index contributed by atoms with van der Waals surface area (Å²) in [6.45, 7) is 4.35. The van der Waals surface area contributed by atoms with Crippen LogP contribution in [0.4, 0.5) is 22.0 Å². The first-order valence-electron chi connectivity index (χ1n) is 11.4. The maximum atomic E-state index is 12.3. The maximum absolute atomic E-state index is 12.3. The minimum atomic E-state index is -0.327. The van der Waals surface area contributed by atoms with Crippen molar-refractivity contribution in [1.82, 2.24) is 9.88 Å². The molecule has 1 aromatic heterocycles. The number of benzene rings is 2. The number of nitrogens with zero attached hydrogens (tertiary/aromatic N) is 3. The average Bonchev–Trinajstić information content (AvgIpc) is 2.90. The summed E-state index contributed by atoms with van der Waals surface area (Å²) in [5.41, 5.74) is 2.42. The van der Waals surface area contributed by atoms with E-state index in [1.807, 2.05) is 30.3 Å². The zero-order chi connectivity index (χ0) is 24.6. The van der Waals surface area contributed by atoms with Crippen molar-refractivity contribution in [3.63, 3.8) is 0 Å². The van der Waals surface area contributed by atoms with E-state index in [4.69, 9.17) is 14.2 Å². The quantitative estimate of drug-likeness (QED) is 0.506. The molecule has 1 fully saturated rings. The summed E-state index contributed by atoms with van der Waals surface area (Å²) in [6.07, 6.45) is 1.68. The molecule has 9 heteroatoms. The fourth-order valence-electron chi connectivity index (χ4n) is 4.00. The van der Waals surface area contributed by atoms with Crippen molar-refractivity contribution >= 4 is 23.2 Å². The number of nitrogens with one attached hydrogen (secondary N) is 2. The summed E-state index contributed by atoms with van der Waals surface area (Å²) in [5, 5.41) is 5.60. The number of hydrogen-bond acceptors (Lipinski definition) is 7. The number of carbonyl (C=O) groups excluding carboxylic acids is 1. The third-order valence-corrected chi connectivity index (χ3v) is 5.93. The molecule has 1 saturated heterocycles. The van der Waals surface area contributed by atoms with Gasteiger partial charge in [0, 0.05) is 44.0 Å². The molecule has 0 aliphatic carbocycles. The fourth-order valence-corrected chi connectivity index (χ4v) is 4.00. The number of carbonyl (C=O) groups is 1. The Balaban J connectivity index is 1.27. The molecule has 0 spiro atoms. The van der Waals surface area contributed by atoms with E-state index in [-0.39, 0.29) is 6.03 Å². The fraction of sp³-hybridized carbons (Fsp3) is 0.308. The summed E-state index contributed by atoms with van der Waals surface area (Å²) >= 11 is 0. The van der Waals surface area contributed by atoms with Crippen LogP contribution in [0, 0.1) is 0 Å². The summed E-state index contributed by atoms with van der Waals surface area (Å²) in [6, 6.07) is 16.5. The molecule has 2 heterocycles. The number of pyridine rings is 1. The van der Waals surface area contributed by atoms with E-state index in [9.17, 15) is 4.79 Å². The van der Waals surface area contributed by atoms with Crippen molar-refractivity contribution in [1.29, 1.82) is 0 Å². The molecule has 0 radical (unpaired) electrons. The number of rotatable bonds is 8. The lowest BCUT2D eigenvalue weighted by atomic mass is 10.1. The lowest BCUT2D eigenvalue weighted by molar-refractivity contribution is 0.245. The zero-order valence-corrected chi connectivity index (χ0v) is 20.3. The second kappa shape index (κ2) is 11.4. The van der Waals surface area contributed by atoms with Crippen molar-refractivity contribution in [2.75, 3.05) is 63.0 Å². The van der Waals surface area contributed by atoms with Crippen molar-refractivity contribution in [3.05, 3.63) is 66.4 Å². The number of anilines is 3. The van der Waals surface area contributed by atoms with Gasteiger partial charge in [-0.3, -0.25) is 4.90 Å². The molecule has 0 atom stereocenters. The van der Waals surface area contributed by atoms with Gasteiger partial charge in [-0.2, -0.15) is 0 Å². The Kier molecular flexibility index (Phi) is 7.89. The molecule has 1 aliphatic rings. The lowest BCUT2D eigenvalue weighted by Crippen LogP contribution is -2.46. The Hall–Kier alpha value is -3.98. The molecular weight excluding hydrogens is 446 g/mol. The van der Waals surface area contributed by atoms with Crippen LogP contribution in [0.1, 0.15) is 5.56 Å². The Morgan fingerprint density at radius 1 is 0.829 bits per heavy atom. The molecule has 0 unspecified atom stereocenters. The van der Waals surface area contributed by atoms with Crippen molar-refractivity contribution in [3.8, 4) is 17.2 Å². The average molecular weight is 478 g/mol. The third-order valence-electron chi connectivity index (χ3n) is 5.93. The highest BCUT2D eigenvalue weighted by atomic mass is 16.5. The smallest absolute Gasteiger partial charge is 0.323 e. The summed E-state index contributed by atoms with van der Waals surface area (Å²) in [5.74, 6) is 3.32. The molecule has 2 N–H and O–H groups in total. The normalized spacial score (nSPS) is 13.7. The minimum Gasteiger partial charge on any atom is -0.497 e. The van der Waals surface area contributed by atoms with Crippen molar-refractivity contribution in [2.45, 2.75) is 6.54 Å². The van der Waals surface area contributed by atoms with Crippen LogP contribution < -0.4 is 29.7 Å². The van der Waals surface area contributed by atoms with E-state index in [0.717, 1.165) is 61.4 Å². The van der Waals surface area contributed by atoms with Gasteiger partial charge in [-0.25, -0.2) is 9.78 Å². The van der Waals surface area contributed by atoms with E-state index < -0.39 is 0 Å². The van der Waals surface area contributed by atoms with Crippen LogP contribution in [0.5, 0.6) is 17.2 Å². The van der Waals surface area contributed by atoms with Crippen LogP contribution >= 0.6 is 0 Å². The first kappa shape index (κ1) is 24.2. The van der Waals surface area contributed by atoms with Gasteiger partial charge < -0.3 is 29.7 Å². The van der Waals surface area contributed by atoms with Crippen LogP contribution in [-0.2, 0) is 6.54 Å². The molecule has 2 amide bonds.